The minimum atomic E-state index is 0.156. The maximum Gasteiger partial charge on any atom is 0.230 e. The molecule has 1 amide bonds. The lowest BCUT2D eigenvalue weighted by atomic mass is 9.90. The molecule has 0 radical (unpaired) electrons. The van der Waals surface area contributed by atoms with Crippen LogP contribution in [0.25, 0.3) is 0 Å². The molecule has 1 aromatic rings. The van der Waals surface area contributed by atoms with Crippen molar-refractivity contribution in [2.75, 3.05) is 11.4 Å². The molecule has 1 saturated heterocycles. The van der Waals surface area contributed by atoms with E-state index in [1.165, 1.54) is 32.1 Å². The van der Waals surface area contributed by atoms with Gasteiger partial charge in [0.05, 0.1) is 0 Å². The summed E-state index contributed by atoms with van der Waals surface area (Å²) in [6, 6.07) is 0. The Labute approximate surface area is 119 Å². The summed E-state index contributed by atoms with van der Waals surface area (Å²) in [5, 5.41) is 10.4. The Bertz CT molecular complexity index is 444. The third-order valence-electron chi connectivity index (χ3n) is 3.69. The molecule has 3 rings (SSSR count). The van der Waals surface area contributed by atoms with Gasteiger partial charge in [0.2, 0.25) is 11.0 Å². The van der Waals surface area contributed by atoms with E-state index in [0.29, 0.717) is 12.3 Å². The molecule has 1 aromatic heterocycles. The van der Waals surface area contributed by atoms with Gasteiger partial charge in [0.15, 0.2) is 0 Å². The van der Waals surface area contributed by atoms with Gasteiger partial charge < -0.3 is 0 Å². The molecule has 1 unspecified atom stereocenters. The molecule has 0 spiro atoms. The molecule has 0 aromatic carbocycles. The summed E-state index contributed by atoms with van der Waals surface area (Å²) >= 11 is 5.10. The molecule has 1 atom stereocenters. The summed E-state index contributed by atoms with van der Waals surface area (Å²) in [4.78, 5) is 13.8. The molecule has 18 heavy (non-hydrogen) atoms. The highest BCUT2D eigenvalue weighted by Gasteiger charge is 2.31. The van der Waals surface area contributed by atoms with Gasteiger partial charge in [-0.2, -0.15) is 0 Å². The molecular weight excluding hydrogens is 314 g/mol. The number of aromatic nitrogens is 2. The van der Waals surface area contributed by atoms with Gasteiger partial charge in [0.25, 0.3) is 0 Å². The molecular formula is C12H16BrN3OS. The monoisotopic (exact) mass is 329 g/mol. The highest BCUT2D eigenvalue weighted by molar-refractivity contribution is 9.09. The largest absolute Gasteiger partial charge is 0.286 e. The van der Waals surface area contributed by atoms with Gasteiger partial charge in [-0.3, -0.25) is 9.69 Å². The molecule has 6 heteroatoms. The van der Waals surface area contributed by atoms with Crippen LogP contribution in [-0.2, 0) is 4.79 Å². The predicted molar refractivity (Wildman–Crippen MR) is 75.4 cm³/mol. The average molecular weight is 330 g/mol. The van der Waals surface area contributed by atoms with E-state index >= 15 is 0 Å². The second kappa shape index (κ2) is 5.25. The van der Waals surface area contributed by atoms with E-state index in [4.69, 9.17) is 0 Å². The Kier molecular flexibility index (Phi) is 3.66. The molecule has 4 nitrogen and oxygen atoms in total. The van der Waals surface area contributed by atoms with Crippen LogP contribution >= 0.6 is 27.3 Å². The topological polar surface area (TPSA) is 46.1 Å². The number of hydrogen-bond acceptors (Lipinski definition) is 4. The van der Waals surface area contributed by atoms with Crippen molar-refractivity contribution in [3.63, 3.8) is 0 Å². The Morgan fingerprint density at radius 3 is 2.67 bits per heavy atom. The minimum Gasteiger partial charge on any atom is -0.286 e. The van der Waals surface area contributed by atoms with Crippen molar-refractivity contribution in [2.45, 2.75) is 49.3 Å². The Morgan fingerprint density at radius 2 is 2.00 bits per heavy atom. The third kappa shape index (κ3) is 2.45. The van der Waals surface area contributed by atoms with Gasteiger partial charge in [-0.05, 0) is 12.8 Å². The summed E-state index contributed by atoms with van der Waals surface area (Å²) in [6.07, 6.45) is 6.96. The summed E-state index contributed by atoms with van der Waals surface area (Å²) in [5.41, 5.74) is 0. The lowest BCUT2D eigenvalue weighted by molar-refractivity contribution is -0.117. The zero-order chi connectivity index (χ0) is 12.5. The summed E-state index contributed by atoms with van der Waals surface area (Å²) in [7, 11) is 0. The van der Waals surface area contributed by atoms with Crippen molar-refractivity contribution in [3.8, 4) is 0 Å². The number of anilines is 1. The minimum absolute atomic E-state index is 0.156. The van der Waals surface area contributed by atoms with Gasteiger partial charge in [-0.1, -0.05) is 46.5 Å². The lowest BCUT2D eigenvalue weighted by Gasteiger charge is -2.18. The van der Waals surface area contributed by atoms with Gasteiger partial charge in [-0.15, -0.1) is 10.2 Å². The quantitative estimate of drug-likeness (QED) is 0.783. The number of carbonyl (C=O) groups excluding carboxylic acids is 1. The van der Waals surface area contributed by atoms with E-state index in [9.17, 15) is 4.79 Å². The van der Waals surface area contributed by atoms with Crippen LogP contribution in [0.15, 0.2) is 0 Å². The smallest absolute Gasteiger partial charge is 0.230 e. The number of carbonyl (C=O) groups is 1. The van der Waals surface area contributed by atoms with Crippen LogP contribution in [0.5, 0.6) is 0 Å². The predicted octanol–water partition coefficient (Wildman–Crippen LogP) is 3.09. The lowest BCUT2D eigenvalue weighted by Crippen LogP contribution is -2.24. The maximum atomic E-state index is 11.8. The van der Waals surface area contributed by atoms with E-state index in [1.807, 2.05) is 0 Å². The van der Waals surface area contributed by atoms with E-state index in [1.54, 1.807) is 16.2 Å². The fourth-order valence-electron chi connectivity index (χ4n) is 2.70. The summed E-state index contributed by atoms with van der Waals surface area (Å²) in [6.45, 7) is 0.720. The number of amides is 1. The summed E-state index contributed by atoms with van der Waals surface area (Å²) < 4.78 is 0. The highest BCUT2D eigenvalue weighted by atomic mass is 79.9. The molecule has 1 saturated carbocycles. The average Bonchev–Trinajstić information content (AvgIpc) is 2.97. The van der Waals surface area contributed by atoms with Crippen LogP contribution in [0.4, 0.5) is 5.13 Å². The Balaban J connectivity index is 1.74. The van der Waals surface area contributed by atoms with Crippen LogP contribution < -0.4 is 4.90 Å². The fraction of sp³-hybridized carbons (Fsp3) is 0.750. The zero-order valence-corrected chi connectivity index (χ0v) is 12.5. The number of rotatable bonds is 2. The first kappa shape index (κ1) is 12.5. The number of nitrogens with zero attached hydrogens (tertiary/aromatic N) is 3. The first-order valence-corrected chi connectivity index (χ1v) is 8.25. The van der Waals surface area contributed by atoms with E-state index < -0.39 is 0 Å². The zero-order valence-electron chi connectivity index (χ0n) is 10.1. The first-order valence-electron chi connectivity index (χ1n) is 6.52. The van der Waals surface area contributed by atoms with Crippen LogP contribution in [0.2, 0.25) is 0 Å². The van der Waals surface area contributed by atoms with Crippen LogP contribution in [0.1, 0.15) is 49.5 Å². The van der Waals surface area contributed by atoms with Gasteiger partial charge in [0.1, 0.15) is 5.01 Å². The first-order chi connectivity index (χ1) is 8.74. The standard InChI is InChI=1S/C12H16BrN3OS/c13-9-6-10(17)16(7-9)12-15-14-11(18-12)8-4-2-1-3-5-8/h8-9H,1-7H2. The van der Waals surface area contributed by atoms with E-state index in [2.05, 4.69) is 26.1 Å². The fourth-order valence-corrected chi connectivity index (χ4v) is 4.30. The van der Waals surface area contributed by atoms with E-state index in [0.717, 1.165) is 16.7 Å². The highest BCUT2D eigenvalue weighted by Crippen LogP contribution is 2.37. The molecule has 1 aliphatic carbocycles. The van der Waals surface area contributed by atoms with Gasteiger partial charge >= 0.3 is 0 Å². The summed E-state index contributed by atoms with van der Waals surface area (Å²) in [5.74, 6) is 0.727. The normalized spacial score (nSPS) is 25.9. The van der Waals surface area contributed by atoms with Gasteiger partial charge in [0, 0.05) is 23.7 Å². The molecule has 2 aliphatic rings. The second-order valence-corrected chi connectivity index (χ2v) is 7.35. The van der Waals surface area contributed by atoms with Crippen molar-refractivity contribution >= 4 is 38.3 Å². The number of hydrogen-bond donors (Lipinski definition) is 0. The molecule has 2 heterocycles. The Morgan fingerprint density at radius 1 is 1.22 bits per heavy atom. The molecule has 1 aliphatic heterocycles. The van der Waals surface area contributed by atoms with Gasteiger partial charge in [-0.25, -0.2) is 0 Å². The Hall–Kier alpha value is -0.490. The van der Waals surface area contributed by atoms with Crippen molar-refractivity contribution in [1.82, 2.24) is 10.2 Å². The maximum absolute atomic E-state index is 11.8. The number of halogens is 1. The van der Waals surface area contributed by atoms with Crippen LogP contribution in [-0.4, -0.2) is 27.5 Å². The molecule has 0 N–H and O–H groups in total. The van der Waals surface area contributed by atoms with Crippen LogP contribution in [0, 0.1) is 0 Å². The van der Waals surface area contributed by atoms with E-state index in [-0.39, 0.29) is 10.7 Å². The third-order valence-corrected chi connectivity index (χ3v) is 5.42. The molecule has 0 bridgehead atoms. The van der Waals surface area contributed by atoms with Crippen molar-refractivity contribution < 1.29 is 4.79 Å². The molecule has 98 valence electrons. The van der Waals surface area contributed by atoms with Crippen molar-refractivity contribution in [2.24, 2.45) is 0 Å². The van der Waals surface area contributed by atoms with Crippen LogP contribution in [0.3, 0.4) is 0 Å². The van der Waals surface area contributed by atoms with Crippen molar-refractivity contribution in [1.29, 1.82) is 0 Å². The SMILES string of the molecule is O=C1CC(Br)CN1c1nnc(C2CCCCC2)s1. The van der Waals surface area contributed by atoms with Crippen molar-refractivity contribution in [3.05, 3.63) is 5.01 Å². The second-order valence-electron chi connectivity index (χ2n) is 5.06. The number of alkyl halides is 1. The molecule has 2 fully saturated rings.